The quantitative estimate of drug-likeness (QED) is 0.482. The average molecular weight is 300 g/mol. The zero-order chi connectivity index (χ0) is 15.1. The number of rotatable bonds is 1. The topological polar surface area (TPSA) is 0 Å². The molecule has 0 atom stereocenters. The summed E-state index contributed by atoms with van der Waals surface area (Å²) in [6.07, 6.45) is 2.26. The molecule has 0 N–H and O–H groups in total. The van der Waals surface area contributed by atoms with E-state index in [0.717, 1.165) is 5.22 Å². The summed E-state index contributed by atoms with van der Waals surface area (Å²) >= 11 is 1.86. The van der Waals surface area contributed by atoms with E-state index in [9.17, 15) is 0 Å². The maximum absolute atomic E-state index is 4.12. The van der Waals surface area contributed by atoms with Gasteiger partial charge in [-0.1, -0.05) is 61.2 Å². The van der Waals surface area contributed by atoms with Gasteiger partial charge in [-0.15, -0.1) is 11.3 Å². The lowest BCUT2D eigenvalue weighted by Crippen LogP contribution is -2.21. The molecule has 0 nitrogen and oxygen atoms in total. The van der Waals surface area contributed by atoms with Gasteiger partial charge in [-0.25, -0.2) is 0 Å². The summed E-state index contributed by atoms with van der Waals surface area (Å²) in [6.45, 7) is 6.35. The summed E-state index contributed by atoms with van der Waals surface area (Å²) in [7, 11) is 0. The molecule has 0 aliphatic rings. The minimum Gasteiger partial charge on any atom is -0.136 e. The second kappa shape index (κ2) is 5.11. The molecule has 106 valence electrons. The predicted molar refractivity (Wildman–Crippen MR) is 98.8 cm³/mol. The van der Waals surface area contributed by atoms with Crippen molar-refractivity contribution in [3.8, 4) is 0 Å². The summed E-state index contributed by atoms with van der Waals surface area (Å²) in [5.41, 5.74) is 1.36. The molecule has 0 bridgehead atoms. The molecule has 0 amide bonds. The Morgan fingerprint density at radius 1 is 0.909 bits per heavy atom. The minimum atomic E-state index is 1.07. The third-order valence-electron chi connectivity index (χ3n) is 4.20. The highest BCUT2D eigenvalue weighted by molar-refractivity contribution is 7.20. The van der Waals surface area contributed by atoms with Crippen LogP contribution in [0.5, 0.6) is 0 Å². The molecule has 0 fully saturated rings. The Bertz CT molecular complexity index is 1100. The molecule has 0 spiro atoms. The number of benzene rings is 3. The Kier molecular flexibility index (Phi) is 3.09. The molecule has 0 radical (unpaired) electrons. The normalized spacial score (nSPS) is 12.3. The zero-order valence-corrected chi connectivity index (χ0v) is 13.3. The summed E-state index contributed by atoms with van der Waals surface area (Å²) < 4.78 is 1.35. The Labute approximate surface area is 133 Å². The zero-order valence-electron chi connectivity index (χ0n) is 12.5. The van der Waals surface area contributed by atoms with Crippen LogP contribution in [-0.4, -0.2) is 0 Å². The van der Waals surface area contributed by atoms with Crippen molar-refractivity contribution in [1.29, 1.82) is 0 Å². The minimum absolute atomic E-state index is 1.07. The molecule has 1 aromatic heterocycles. The van der Waals surface area contributed by atoms with Crippen molar-refractivity contribution in [1.82, 2.24) is 0 Å². The Hall–Kier alpha value is -2.38. The van der Waals surface area contributed by atoms with E-state index in [1.807, 2.05) is 17.4 Å². The molecule has 1 heterocycles. The molecular weight excluding hydrogens is 284 g/mol. The second-order valence-corrected chi connectivity index (χ2v) is 6.68. The number of thiophene rings is 1. The number of aryl methyl sites for hydroxylation is 1. The summed E-state index contributed by atoms with van der Waals surface area (Å²) in [4.78, 5) is 1.32. The van der Waals surface area contributed by atoms with Crippen LogP contribution in [0.1, 0.15) is 10.4 Å². The largest absolute Gasteiger partial charge is 0.136 e. The highest BCUT2D eigenvalue weighted by atomic mass is 32.1. The van der Waals surface area contributed by atoms with Crippen LogP contribution in [0, 0.1) is 6.92 Å². The van der Waals surface area contributed by atoms with Gasteiger partial charge >= 0.3 is 0 Å². The van der Waals surface area contributed by atoms with E-state index < -0.39 is 0 Å². The van der Waals surface area contributed by atoms with Crippen LogP contribution < -0.4 is 10.4 Å². The SMILES string of the molecule is C=c1cccc/c1=C/c1sc2ccc3ccccc3c2c1C. The van der Waals surface area contributed by atoms with E-state index >= 15 is 0 Å². The molecule has 1 heteroatoms. The van der Waals surface area contributed by atoms with Crippen LogP contribution in [0.4, 0.5) is 0 Å². The maximum atomic E-state index is 4.12. The van der Waals surface area contributed by atoms with Gasteiger partial charge in [-0.3, -0.25) is 0 Å². The standard InChI is InChI=1S/C21H16S/c1-14-7-3-4-9-17(14)13-20-15(2)21-18-10-6-5-8-16(18)11-12-19(21)22-20/h3-13H,1H2,2H3/b17-13-. The molecule has 0 saturated heterocycles. The van der Waals surface area contributed by atoms with Crippen LogP contribution >= 0.6 is 11.3 Å². The molecule has 0 aliphatic heterocycles. The molecule has 0 unspecified atom stereocenters. The van der Waals surface area contributed by atoms with Gasteiger partial charge in [0.2, 0.25) is 0 Å². The van der Waals surface area contributed by atoms with Crippen molar-refractivity contribution < 1.29 is 0 Å². The monoisotopic (exact) mass is 300 g/mol. The molecule has 3 aromatic carbocycles. The highest BCUT2D eigenvalue weighted by Crippen LogP contribution is 2.36. The molecular formula is C21H16S. The Morgan fingerprint density at radius 3 is 2.55 bits per heavy atom. The molecule has 22 heavy (non-hydrogen) atoms. The third-order valence-corrected chi connectivity index (χ3v) is 5.40. The Balaban J connectivity index is 2.07. The maximum Gasteiger partial charge on any atom is 0.0358 e. The fraction of sp³-hybridized carbons (Fsp3) is 0.0476. The summed E-state index contributed by atoms with van der Waals surface area (Å²) in [5, 5.41) is 6.30. The van der Waals surface area contributed by atoms with Crippen molar-refractivity contribution in [3.63, 3.8) is 0 Å². The van der Waals surface area contributed by atoms with E-state index in [2.05, 4.69) is 74.2 Å². The van der Waals surface area contributed by atoms with Crippen molar-refractivity contribution in [2.45, 2.75) is 6.92 Å². The van der Waals surface area contributed by atoms with E-state index in [1.54, 1.807) is 0 Å². The van der Waals surface area contributed by atoms with Gasteiger partial charge in [0.1, 0.15) is 0 Å². The predicted octanol–water partition coefficient (Wildman–Crippen LogP) is 4.60. The van der Waals surface area contributed by atoms with Gasteiger partial charge in [-0.05, 0) is 45.8 Å². The van der Waals surface area contributed by atoms with Crippen molar-refractivity contribution in [2.75, 3.05) is 0 Å². The Morgan fingerprint density at radius 2 is 1.68 bits per heavy atom. The lowest BCUT2D eigenvalue weighted by Gasteiger charge is -2.00. The molecule has 0 aliphatic carbocycles. The van der Waals surface area contributed by atoms with E-state index in [0.29, 0.717) is 0 Å². The van der Waals surface area contributed by atoms with Crippen LogP contribution in [0.2, 0.25) is 0 Å². The van der Waals surface area contributed by atoms with Crippen LogP contribution in [0.25, 0.3) is 33.5 Å². The first-order valence-electron chi connectivity index (χ1n) is 7.40. The smallest absolute Gasteiger partial charge is 0.0358 e. The van der Waals surface area contributed by atoms with Crippen molar-refractivity contribution >= 4 is 44.9 Å². The van der Waals surface area contributed by atoms with Crippen molar-refractivity contribution in [3.05, 3.63) is 81.5 Å². The van der Waals surface area contributed by atoms with Crippen LogP contribution in [0.3, 0.4) is 0 Å². The van der Waals surface area contributed by atoms with Gasteiger partial charge in [0.05, 0.1) is 0 Å². The summed E-state index contributed by atoms with van der Waals surface area (Å²) in [5.74, 6) is 0. The number of hydrogen-bond acceptors (Lipinski definition) is 1. The van der Waals surface area contributed by atoms with Gasteiger partial charge in [0, 0.05) is 15.0 Å². The fourth-order valence-corrected chi connectivity index (χ4v) is 4.17. The first-order valence-corrected chi connectivity index (χ1v) is 8.22. The molecule has 4 rings (SSSR count). The lowest BCUT2D eigenvalue weighted by molar-refractivity contribution is 1.51. The van der Waals surface area contributed by atoms with E-state index in [-0.39, 0.29) is 0 Å². The fourth-order valence-electron chi connectivity index (χ4n) is 3.00. The summed E-state index contributed by atoms with van der Waals surface area (Å²) in [6, 6.07) is 21.4. The number of fused-ring (bicyclic) bond motifs is 3. The lowest BCUT2D eigenvalue weighted by atomic mass is 10.0. The van der Waals surface area contributed by atoms with E-state index in [1.165, 1.54) is 36.5 Å². The van der Waals surface area contributed by atoms with Crippen LogP contribution in [0.15, 0.2) is 60.7 Å². The van der Waals surface area contributed by atoms with Crippen molar-refractivity contribution in [2.24, 2.45) is 0 Å². The third kappa shape index (κ3) is 2.06. The highest BCUT2D eigenvalue weighted by Gasteiger charge is 2.09. The number of hydrogen-bond donors (Lipinski definition) is 0. The molecule has 0 saturated carbocycles. The van der Waals surface area contributed by atoms with Gasteiger partial charge in [0.15, 0.2) is 0 Å². The van der Waals surface area contributed by atoms with Gasteiger partial charge in [0.25, 0.3) is 0 Å². The molecule has 4 aromatic rings. The first-order chi connectivity index (χ1) is 10.7. The van der Waals surface area contributed by atoms with Gasteiger partial charge < -0.3 is 0 Å². The average Bonchev–Trinajstić information content (AvgIpc) is 2.86. The van der Waals surface area contributed by atoms with E-state index in [4.69, 9.17) is 0 Å². The van der Waals surface area contributed by atoms with Gasteiger partial charge in [-0.2, -0.15) is 0 Å². The second-order valence-electron chi connectivity index (χ2n) is 5.59. The van der Waals surface area contributed by atoms with Crippen LogP contribution in [-0.2, 0) is 0 Å². The first kappa shape index (κ1) is 13.3.